The largest absolute Gasteiger partial charge is 0.412 e. The molecule has 0 rings (SSSR count). The molecule has 14 N–H and O–H groups in total. The molecule has 0 spiro atoms. The molecule has 0 aliphatic rings. The molecule has 0 aliphatic carbocycles. The van der Waals surface area contributed by atoms with E-state index in [-0.39, 0.29) is 153 Å². The summed E-state index contributed by atoms with van der Waals surface area (Å²) in [4.78, 5) is 0. The molecule has 0 unspecified atom stereocenters. The Morgan fingerprint density at radius 2 is 0.273 bits per heavy atom. The second-order valence-corrected chi connectivity index (χ2v) is 0. The first-order valence-corrected chi connectivity index (χ1v) is 0. The van der Waals surface area contributed by atoms with Gasteiger partial charge in [0.25, 0.3) is 0 Å². The fraction of sp³-hybridized carbons (Fsp3) is 0. The van der Waals surface area contributed by atoms with Crippen LogP contribution in [0.2, 0.25) is 0 Å². The molecule has 7 nitrogen and oxygen atoms in total. The van der Waals surface area contributed by atoms with Gasteiger partial charge in [0.2, 0.25) is 0 Å². The minimum atomic E-state index is 0. The van der Waals surface area contributed by atoms with E-state index in [4.69, 9.17) is 0 Å². The first kappa shape index (κ1) is 213. The van der Waals surface area contributed by atoms with E-state index in [2.05, 4.69) is 0 Å². The average molecular weight is 500 g/mol. The van der Waals surface area contributed by atoms with Gasteiger partial charge in [0.15, 0.2) is 0 Å². The van der Waals surface area contributed by atoms with Crippen LogP contribution in [0.5, 0.6) is 0 Å². The molecule has 0 aromatic carbocycles. The van der Waals surface area contributed by atoms with Crippen LogP contribution in [0.15, 0.2) is 0 Å². The summed E-state index contributed by atoms with van der Waals surface area (Å²) in [6.45, 7) is 0. The summed E-state index contributed by atoms with van der Waals surface area (Å²) in [5, 5.41) is 0. The van der Waals surface area contributed by atoms with Crippen molar-refractivity contribution in [3.05, 3.63) is 0 Å². The van der Waals surface area contributed by atoms with Crippen LogP contribution < -0.4 is 0 Å². The fourth-order valence-electron chi connectivity index (χ4n) is 0. The van der Waals surface area contributed by atoms with Crippen molar-refractivity contribution < 1.29 is 153 Å². The molecule has 11 heteroatoms. The summed E-state index contributed by atoms with van der Waals surface area (Å²) < 4.78 is 0. The molecule has 0 fully saturated rings. The first-order chi connectivity index (χ1) is 0. The van der Waals surface area contributed by atoms with E-state index in [0.29, 0.717) is 0 Å². The molecule has 0 aromatic rings. The van der Waals surface area contributed by atoms with Gasteiger partial charge in [-0.2, -0.15) is 0 Å². The Morgan fingerprint density at radius 1 is 0.273 bits per heavy atom. The second kappa shape index (κ2) is 170. The quantitative estimate of drug-likeness (QED) is 0.284. The van der Waals surface area contributed by atoms with Gasteiger partial charge in [-0.05, 0) is 0 Å². The van der Waals surface area contributed by atoms with Crippen LogP contribution in [0.1, 0.15) is 0 Å². The third-order valence-electron chi connectivity index (χ3n) is 0. The zero-order chi connectivity index (χ0) is 0. The van der Waals surface area contributed by atoms with Gasteiger partial charge >= 0.3 is 0 Å². The summed E-state index contributed by atoms with van der Waals surface area (Å²) >= 11 is 0. The van der Waals surface area contributed by atoms with Gasteiger partial charge in [-0.3, -0.25) is 0 Å². The molecular weight excluding hydrogens is 486 g/mol. The van der Waals surface area contributed by atoms with Crippen LogP contribution in [-0.4, -0.2) is 38.3 Å². The standard InChI is InChI=1S/2La.7H2O.2Ti/h;;7*1H2;;. The van der Waals surface area contributed by atoms with E-state index in [0.717, 1.165) is 0 Å². The molecule has 70 valence electrons. The minimum Gasteiger partial charge on any atom is -0.412 e. The van der Waals surface area contributed by atoms with Crippen molar-refractivity contribution in [1.29, 1.82) is 0 Å². The summed E-state index contributed by atoms with van der Waals surface area (Å²) in [6, 6.07) is 0. The molecule has 0 aliphatic heterocycles. The first-order valence-electron chi connectivity index (χ1n) is 0. The summed E-state index contributed by atoms with van der Waals surface area (Å²) in [6.07, 6.45) is 0. The van der Waals surface area contributed by atoms with Gasteiger partial charge in [0.05, 0.1) is 0 Å². The topological polar surface area (TPSA) is 220 Å². The Bertz CT molecular complexity index is 14.4. The molecule has 0 saturated heterocycles. The predicted molar refractivity (Wildman–Crippen MR) is 25.3 cm³/mol. The van der Waals surface area contributed by atoms with Crippen LogP contribution in [0.25, 0.3) is 0 Å². The molecule has 2 radical (unpaired) electrons. The molecule has 0 amide bonds. The third-order valence-corrected chi connectivity index (χ3v) is 0. The van der Waals surface area contributed by atoms with E-state index in [1.165, 1.54) is 0 Å². The summed E-state index contributed by atoms with van der Waals surface area (Å²) in [5.41, 5.74) is 0. The zero-order valence-corrected chi connectivity index (χ0v) is 16.0. The Morgan fingerprint density at radius 3 is 0.273 bits per heavy atom. The van der Waals surface area contributed by atoms with Crippen LogP contribution in [0, 0.1) is 71.2 Å². The van der Waals surface area contributed by atoms with Gasteiger partial charge in [-0.15, -0.1) is 0 Å². The maximum Gasteiger partial charge on any atom is 0 e. The van der Waals surface area contributed by atoms with Crippen molar-refractivity contribution in [2.45, 2.75) is 0 Å². The van der Waals surface area contributed by atoms with E-state index >= 15 is 0 Å². The molecule has 0 heterocycles. The zero-order valence-electron chi connectivity index (χ0n) is 5.65. The molecule has 0 saturated carbocycles. The maximum atomic E-state index is 0. The number of hydrogen-bond donors (Lipinski definition) is 0. The Kier molecular flexibility index (Phi) is 3290. The molecular formula is H14La2O7Ti2. The molecule has 11 heavy (non-hydrogen) atoms. The third kappa shape index (κ3) is 144. The Hall–Kier alpha value is 3.54. The van der Waals surface area contributed by atoms with Crippen molar-refractivity contribution in [3.8, 4) is 0 Å². The minimum absolute atomic E-state index is 0. The van der Waals surface area contributed by atoms with Crippen molar-refractivity contribution in [3.63, 3.8) is 0 Å². The molecule has 0 atom stereocenters. The normalized spacial score (nSPS) is 0. The van der Waals surface area contributed by atoms with E-state index < -0.39 is 0 Å². The number of hydrogen-bond acceptors (Lipinski definition) is 0. The van der Waals surface area contributed by atoms with Gasteiger partial charge in [-0.25, -0.2) is 0 Å². The van der Waals surface area contributed by atoms with Crippen LogP contribution in [0.4, 0.5) is 0 Å². The van der Waals surface area contributed by atoms with E-state index in [1.807, 2.05) is 0 Å². The van der Waals surface area contributed by atoms with Gasteiger partial charge < -0.3 is 38.3 Å². The summed E-state index contributed by atoms with van der Waals surface area (Å²) in [7, 11) is 0. The van der Waals surface area contributed by atoms with Crippen molar-refractivity contribution >= 4 is 0 Å². The van der Waals surface area contributed by atoms with Crippen molar-refractivity contribution in [2.24, 2.45) is 0 Å². The van der Waals surface area contributed by atoms with Gasteiger partial charge in [-0.1, -0.05) is 0 Å². The average Bonchev–Trinajstić information content (AvgIpc) is 0. The van der Waals surface area contributed by atoms with Gasteiger partial charge in [0.1, 0.15) is 0 Å². The molecule has 0 bridgehead atoms. The van der Waals surface area contributed by atoms with Crippen molar-refractivity contribution in [2.75, 3.05) is 0 Å². The van der Waals surface area contributed by atoms with Crippen LogP contribution in [0.3, 0.4) is 0 Å². The predicted octanol–water partition coefficient (Wildman–Crippen LogP) is -5.78. The van der Waals surface area contributed by atoms with E-state index in [1.54, 1.807) is 0 Å². The summed E-state index contributed by atoms with van der Waals surface area (Å²) in [5.74, 6) is 0. The van der Waals surface area contributed by atoms with Crippen LogP contribution >= 0.6 is 0 Å². The Balaban J connectivity index is 0. The van der Waals surface area contributed by atoms with E-state index in [9.17, 15) is 0 Å². The smallest absolute Gasteiger partial charge is 0 e. The second-order valence-electron chi connectivity index (χ2n) is 0. The fourth-order valence-corrected chi connectivity index (χ4v) is 0. The number of rotatable bonds is 0. The monoisotopic (exact) mass is 500 g/mol. The maximum absolute atomic E-state index is 0. The molecule has 0 aromatic heterocycles. The van der Waals surface area contributed by atoms with Crippen LogP contribution in [-0.2, 0) is 43.4 Å². The SMILES string of the molecule is O.O.O.O.O.O.O.[La].[La].[Ti].[Ti]. The van der Waals surface area contributed by atoms with Crippen molar-refractivity contribution in [1.82, 2.24) is 0 Å². The Labute approximate surface area is 150 Å². The van der Waals surface area contributed by atoms with Gasteiger partial charge in [0, 0.05) is 115 Å².